The Morgan fingerprint density at radius 2 is 2.11 bits per heavy atom. The molecule has 0 fully saturated rings. The first kappa shape index (κ1) is 15.0. The van der Waals surface area contributed by atoms with E-state index in [1.54, 1.807) is 12.1 Å². The Balaban J connectivity index is 2.43. The van der Waals surface area contributed by atoms with Crippen LogP contribution in [-0.2, 0) is 0 Å². The number of hydrogen-bond donors (Lipinski definition) is 3. The molecule has 1 aromatic carbocycles. The molecule has 4 nitrogen and oxygen atoms in total. The molecule has 0 spiro atoms. The van der Waals surface area contributed by atoms with Crippen LogP contribution in [0.25, 0.3) is 0 Å². The maximum absolute atomic E-state index is 11.6. The minimum atomic E-state index is -0.578. The summed E-state index contributed by atoms with van der Waals surface area (Å²) in [4.78, 5) is 11.6. The van der Waals surface area contributed by atoms with E-state index < -0.39 is 6.10 Å². The summed E-state index contributed by atoms with van der Waals surface area (Å²) in [6, 6.07) is 7.00. The molecule has 0 aliphatic carbocycles. The van der Waals surface area contributed by atoms with Crippen LogP contribution in [0.3, 0.4) is 0 Å². The van der Waals surface area contributed by atoms with Crippen LogP contribution in [-0.4, -0.2) is 23.8 Å². The van der Waals surface area contributed by atoms with E-state index >= 15 is 0 Å². The standard InChI is InChI=1S/C13H19BrN2O2/c1-13(2,3)11(17)8-15-12(18)16-10-6-4-5-9(14)7-10/h4-7,11,17H,8H2,1-3H3,(H2,15,16,18). The fourth-order valence-electron chi connectivity index (χ4n) is 1.24. The second-order valence-electron chi connectivity index (χ2n) is 5.23. The van der Waals surface area contributed by atoms with Crippen molar-refractivity contribution in [1.82, 2.24) is 5.32 Å². The molecule has 100 valence electrons. The Kier molecular flexibility index (Phi) is 5.16. The highest BCUT2D eigenvalue weighted by atomic mass is 79.9. The number of benzene rings is 1. The maximum Gasteiger partial charge on any atom is 0.319 e. The van der Waals surface area contributed by atoms with Gasteiger partial charge in [0.25, 0.3) is 0 Å². The van der Waals surface area contributed by atoms with Crippen LogP contribution in [0.5, 0.6) is 0 Å². The van der Waals surface area contributed by atoms with Gasteiger partial charge < -0.3 is 15.7 Å². The smallest absolute Gasteiger partial charge is 0.319 e. The van der Waals surface area contributed by atoms with Gasteiger partial charge in [-0.25, -0.2) is 4.79 Å². The summed E-state index contributed by atoms with van der Waals surface area (Å²) < 4.78 is 0.898. The van der Waals surface area contributed by atoms with E-state index in [0.29, 0.717) is 5.69 Å². The predicted octanol–water partition coefficient (Wildman–Crippen LogP) is 2.98. The van der Waals surface area contributed by atoms with E-state index in [0.717, 1.165) is 4.47 Å². The number of hydrogen-bond acceptors (Lipinski definition) is 2. The van der Waals surface area contributed by atoms with Crippen molar-refractivity contribution in [3.8, 4) is 0 Å². The summed E-state index contributed by atoms with van der Waals surface area (Å²) in [5, 5.41) is 15.1. The fraction of sp³-hybridized carbons (Fsp3) is 0.462. The molecule has 2 amide bonds. The predicted molar refractivity (Wildman–Crippen MR) is 76.6 cm³/mol. The molecule has 0 aromatic heterocycles. The Morgan fingerprint density at radius 3 is 2.67 bits per heavy atom. The van der Waals surface area contributed by atoms with Crippen molar-refractivity contribution in [2.45, 2.75) is 26.9 Å². The number of aliphatic hydroxyl groups is 1. The molecular weight excluding hydrogens is 296 g/mol. The van der Waals surface area contributed by atoms with Crippen molar-refractivity contribution in [1.29, 1.82) is 0 Å². The quantitative estimate of drug-likeness (QED) is 0.803. The molecular formula is C13H19BrN2O2. The van der Waals surface area contributed by atoms with Crippen LogP contribution in [0.4, 0.5) is 10.5 Å². The van der Waals surface area contributed by atoms with Crippen molar-refractivity contribution in [2.24, 2.45) is 5.41 Å². The van der Waals surface area contributed by atoms with Crippen LogP contribution < -0.4 is 10.6 Å². The summed E-state index contributed by atoms with van der Waals surface area (Å²) in [6.45, 7) is 5.99. The molecule has 0 saturated carbocycles. The number of nitrogens with one attached hydrogen (secondary N) is 2. The van der Waals surface area contributed by atoms with Crippen LogP contribution in [0, 0.1) is 5.41 Å². The normalized spacial score (nSPS) is 12.9. The van der Waals surface area contributed by atoms with Crippen molar-refractivity contribution in [3.63, 3.8) is 0 Å². The number of anilines is 1. The van der Waals surface area contributed by atoms with Gasteiger partial charge in [0.05, 0.1) is 6.10 Å². The van der Waals surface area contributed by atoms with Gasteiger partial charge in [-0.05, 0) is 23.6 Å². The molecule has 1 rings (SSSR count). The minimum Gasteiger partial charge on any atom is -0.391 e. The molecule has 0 radical (unpaired) electrons. The molecule has 0 aliphatic heterocycles. The van der Waals surface area contributed by atoms with Gasteiger partial charge in [0.15, 0.2) is 0 Å². The first-order valence-electron chi connectivity index (χ1n) is 5.77. The topological polar surface area (TPSA) is 61.4 Å². The second-order valence-corrected chi connectivity index (χ2v) is 6.14. The van der Waals surface area contributed by atoms with Crippen LogP contribution >= 0.6 is 15.9 Å². The number of aliphatic hydroxyl groups excluding tert-OH is 1. The van der Waals surface area contributed by atoms with Gasteiger partial charge in [-0.15, -0.1) is 0 Å². The molecule has 3 N–H and O–H groups in total. The van der Waals surface area contributed by atoms with Crippen LogP contribution in [0.15, 0.2) is 28.7 Å². The lowest BCUT2D eigenvalue weighted by atomic mass is 9.89. The summed E-state index contributed by atoms with van der Waals surface area (Å²) in [5.74, 6) is 0. The lowest BCUT2D eigenvalue weighted by Crippen LogP contribution is -2.40. The van der Waals surface area contributed by atoms with Crippen molar-refractivity contribution in [2.75, 3.05) is 11.9 Å². The van der Waals surface area contributed by atoms with Gasteiger partial charge in [-0.2, -0.15) is 0 Å². The van der Waals surface area contributed by atoms with Gasteiger partial charge in [0.1, 0.15) is 0 Å². The molecule has 1 aromatic rings. The molecule has 5 heteroatoms. The molecule has 0 heterocycles. The Hall–Kier alpha value is -1.07. The molecule has 0 aliphatic rings. The van der Waals surface area contributed by atoms with E-state index in [1.165, 1.54) is 0 Å². The average molecular weight is 315 g/mol. The number of amides is 2. The van der Waals surface area contributed by atoms with Gasteiger partial charge in [-0.3, -0.25) is 0 Å². The van der Waals surface area contributed by atoms with Crippen LogP contribution in [0.2, 0.25) is 0 Å². The Bertz CT molecular complexity index is 416. The largest absolute Gasteiger partial charge is 0.391 e. The zero-order chi connectivity index (χ0) is 13.8. The van der Waals surface area contributed by atoms with Gasteiger partial charge in [0, 0.05) is 16.7 Å². The summed E-state index contributed by atoms with van der Waals surface area (Å²) in [6.07, 6.45) is -0.578. The SMILES string of the molecule is CC(C)(C)C(O)CNC(=O)Nc1cccc(Br)c1. The minimum absolute atomic E-state index is 0.226. The maximum atomic E-state index is 11.6. The van der Waals surface area contributed by atoms with E-state index in [2.05, 4.69) is 26.6 Å². The Labute approximate surface area is 116 Å². The number of carbonyl (C=O) groups is 1. The third kappa shape index (κ3) is 5.06. The lowest BCUT2D eigenvalue weighted by molar-refractivity contribution is 0.0654. The Morgan fingerprint density at radius 1 is 1.44 bits per heavy atom. The first-order chi connectivity index (χ1) is 8.29. The van der Waals surface area contributed by atoms with E-state index in [1.807, 2.05) is 32.9 Å². The highest BCUT2D eigenvalue weighted by molar-refractivity contribution is 9.10. The molecule has 1 atom stereocenters. The first-order valence-corrected chi connectivity index (χ1v) is 6.57. The number of urea groups is 1. The van der Waals surface area contributed by atoms with Gasteiger partial charge in [-0.1, -0.05) is 42.8 Å². The van der Waals surface area contributed by atoms with E-state index in [9.17, 15) is 9.90 Å². The zero-order valence-electron chi connectivity index (χ0n) is 10.8. The van der Waals surface area contributed by atoms with Crippen molar-refractivity contribution < 1.29 is 9.90 Å². The highest BCUT2D eigenvalue weighted by Crippen LogP contribution is 2.18. The summed E-state index contributed by atoms with van der Waals surface area (Å²) in [5.41, 5.74) is 0.454. The third-order valence-corrected chi connectivity index (χ3v) is 3.03. The van der Waals surface area contributed by atoms with Crippen molar-refractivity contribution >= 4 is 27.6 Å². The molecule has 0 saturated heterocycles. The monoisotopic (exact) mass is 314 g/mol. The van der Waals surface area contributed by atoms with Crippen LogP contribution in [0.1, 0.15) is 20.8 Å². The van der Waals surface area contributed by atoms with Gasteiger partial charge >= 0.3 is 6.03 Å². The average Bonchev–Trinajstić information content (AvgIpc) is 2.24. The second kappa shape index (κ2) is 6.20. The highest BCUT2D eigenvalue weighted by Gasteiger charge is 2.22. The number of carbonyl (C=O) groups excluding carboxylic acids is 1. The fourth-order valence-corrected chi connectivity index (χ4v) is 1.64. The number of rotatable bonds is 3. The summed E-state index contributed by atoms with van der Waals surface area (Å²) >= 11 is 3.33. The third-order valence-electron chi connectivity index (χ3n) is 2.54. The van der Waals surface area contributed by atoms with Crippen molar-refractivity contribution in [3.05, 3.63) is 28.7 Å². The van der Waals surface area contributed by atoms with Gasteiger partial charge in [0.2, 0.25) is 0 Å². The summed E-state index contributed by atoms with van der Waals surface area (Å²) in [7, 11) is 0. The molecule has 1 unspecified atom stereocenters. The number of halogens is 1. The molecule has 18 heavy (non-hydrogen) atoms. The van der Waals surface area contributed by atoms with E-state index in [4.69, 9.17) is 0 Å². The zero-order valence-corrected chi connectivity index (χ0v) is 12.4. The van der Waals surface area contributed by atoms with E-state index in [-0.39, 0.29) is 18.0 Å². The lowest BCUT2D eigenvalue weighted by Gasteiger charge is -2.25. The molecule has 0 bridgehead atoms.